The van der Waals surface area contributed by atoms with E-state index in [0.717, 1.165) is 40.2 Å². The van der Waals surface area contributed by atoms with E-state index < -0.39 is 30.3 Å². The van der Waals surface area contributed by atoms with Gasteiger partial charge in [0.05, 0.1) is 0 Å². The van der Waals surface area contributed by atoms with E-state index in [4.69, 9.17) is 0 Å². The highest BCUT2D eigenvalue weighted by atomic mass is 16.2. The molecular weight excluding hydrogens is 394 g/mol. The molecular formula is C24H25N3O4. The highest BCUT2D eigenvalue weighted by Gasteiger charge is 2.49. The third-order valence-corrected chi connectivity index (χ3v) is 6.07. The molecule has 7 nitrogen and oxygen atoms in total. The summed E-state index contributed by atoms with van der Waals surface area (Å²) >= 11 is 0. The summed E-state index contributed by atoms with van der Waals surface area (Å²) in [6.45, 7) is 1.49. The molecule has 1 N–H and O–H groups in total. The predicted octanol–water partition coefficient (Wildman–Crippen LogP) is 3.66. The summed E-state index contributed by atoms with van der Waals surface area (Å²) in [6, 6.07) is 15.9. The average Bonchev–Trinajstić information content (AvgIpc) is 2.98. The first-order valence-corrected chi connectivity index (χ1v) is 10.6. The van der Waals surface area contributed by atoms with Gasteiger partial charge in [-0.3, -0.25) is 19.3 Å². The van der Waals surface area contributed by atoms with E-state index in [9.17, 15) is 19.2 Å². The summed E-state index contributed by atoms with van der Waals surface area (Å²) in [6.07, 6.45) is 3.56. The van der Waals surface area contributed by atoms with Crippen molar-refractivity contribution >= 4 is 29.4 Å². The zero-order valence-corrected chi connectivity index (χ0v) is 17.4. The lowest BCUT2D eigenvalue weighted by molar-refractivity contribution is -0.145. The lowest BCUT2D eigenvalue weighted by atomic mass is 9.85. The monoisotopic (exact) mass is 419 g/mol. The second-order valence-corrected chi connectivity index (χ2v) is 8.14. The molecule has 1 heterocycles. The van der Waals surface area contributed by atoms with Gasteiger partial charge in [-0.2, -0.15) is 0 Å². The Labute approximate surface area is 181 Å². The number of hydrogen-bond donors (Lipinski definition) is 1. The molecule has 2 atom stereocenters. The number of urea groups is 1. The summed E-state index contributed by atoms with van der Waals surface area (Å²) in [5.41, 5.74) is 2.32. The lowest BCUT2D eigenvalue weighted by Crippen LogP contribution is -2.46. The van der Waals surface area contributed by atoms with Crippen LogP contribution in [0.5, 0.6) is 0 Å². The first-order valence-electron chi connectivity index (χ1n) is 10.6. The molecule has 0 radical (unpaired) electrons. The van der Waals surface area contributed by atoms with Crippen LogP contribution in [0.15, 0.2) is 54.6 Å². The van der Waals surface area contributed by atoms with Crippen molar-refractivity contribution in [3.63, 3.8) is 0 Å². The maximum atomic E-state index is 12.9. The highest BCUT2D eigenvalue weighted by Crippen LogP contribution is 2.31. The van der Waals surface area contributed by atoms with Crippen molar-refractivity contribution in [2.24, 2.45) is 5.92 Å². The zero-order chi connectivity index (χ0) is 22.0. The van der Waals surface area contributed by atoms with Crippen LogP contribution in [0.3, 0.4) is 0 Å². The van der Waals surface area contributed by atoms with E-state index in [1.54, 1.807) is 12.1 Å². The first kappa shape index (κ1) is 20.8. The smallest absolute Gasteiger partial charge is 0.324 e. The molecule has 5 amide bonds. The number of para-hydroxylation sites is 1. The lowest BCUT2D eigenvalue weighted by Gasteiger charge is -2.34. The fraction of sp³-hybridized carbons (Fsp3) is 0.333. The number of anilines is 1. The van der Waals surface area contributed by atoms with Crippen molar-refractivity contribution in [3.8, 4) is 11.1 Å². The topological polar surface area (TPSA) is 86.8 Å². The SMILES string of the molecule is C[C@H]1CCCC[C@@H]1N1C(=O)C(=O)N(CC(=O)Nc2ccccc2-c2ccccc2)C1=O. The molecule has 2 fully saturated rings. The van der Waals surface area contributed by atoms with Gasteiger partial charge in [0.2, 0.25) is 5.91 Å². The normalized spacial score (nSPS) is 21.5. The molecule has 4 rings (SSSR count). The Morgan fingerprint density at radius 2 is 1.61 bits per heavy atom. The Morgan fingerprint density at radius 1 is 0.935 bits per heavy atom. The van der Waals surface area contributed by atoms with Crippen LogP contribution < -0.4 is 5.32 Å². The average molecular weight is 419 g/mol. The molecule has 0 bridgehead atoms. The zero-order valence-electron chi connectivity index (χ0n) is 17.4. The number of benzene rings is 2. The molecule has 1 aliphatic heterocycles. The van der Waals surface area contributed by atoms with Gasteiger partial charge in [0.25, 0.3) is 0 Å². The third-order valence-electron chi connectivity index (χ3n) is 6.07. The summed E-state index contributed by atoms with van der Waals surface area (Å²) in [4.78, 5) is 52.4. The Hall–Kier alpha value is -3.48. The Bertz CT molecular complexity index is 1020. The summed E-state index contributed by atoms with van der Waals surface area (Å²) < 4.78 is 0. The quantitative estimate of drug-likeness (QED) is 0.592. The van der Waals surface area contributed by atoms with E-state index in [2.05, 4.69) is 5.32 Å². The van der Waals surface area contributed by atoms with Crippen LogP contribution in [0, 0.1) is 5.92 Å². The number of imide groups is 2. The molecule has 0 spiro atoms. The van der Waals surface area contributed by atoms with Crippen LogP contribution in [0.25, 0.3) is 11.1 Å². The van der Waals surface area contributed by atoms with Crippen LogP contribution in [-0.2, 0) is 14.4 Å². The van der Waals surface area contributed by atoms with Gasteiger partial charge >= 0.3 is 17.8 Å². The number of carbonyl (C=O) groups is 4. The summed E-state index contributed by atoms with van der Waals surface area (Å²) in [5, 5.41) is 2.78. The minimum atomic E-state index is -0.936. The van der Waals surface area contributed by atoms with E-state index in [1.807, 2.05) is 49.4 Å². The van der Waals surface area contributed by atoms with E-state index in [1.165, 1.54) is 0 Å². The van der Waals surface area contributed by atoms with Crippen molar-refractivity contribution in [2.45, 2.75) is 38.6 Å². The number of rotatable bonds is 5. The van der Waals surface area contributed by atoms with Crippen LogP contribution >= 0.6 is 0 Å². The van der Waals surface area contributed by atoms with E-state index >= 15 is 0 Å². The van der Waals surface area contributed by atoms with E-state index in [-0.39, 0.29) is 12.0 Å². The maximum absolute atomic E-state index is 12.9. The van der Waals surface area contributed by atoms with Gasteiger partial charge < -0.3 is 5.32 Å². The molecule has 31 heavy (non-hydrogen) atoms. The van der Waals surface area contributed by atoms with Gasteiger partial charge in [0, 0.05) is 17.3 Å². The van der Waals surface area contributed by atoms with Crippen LogP contribution in [0.1, 0.15) is 32.6 Å². The third kappa shape index (κ3) is 4.08. The number of nitrogens with zero attached hydrogens (tertiary/aromatic N) is 2. The molecule has 2 aliphatic rings. The maximum Gasteiger partial charge on any atom is 0.334 e. The molecule has 0 unspecified atom stereocenters. The van der Waals surface area contributed by atoms with Gasteiger partial charge in [-0.15, -0.1) is 0 Å². The molecule has 1 saturated heterocycles. The van der Waals surface area contributed by atoms with Gasteiger partial charge in [0.15, 0.2) is 0 Å². The number of amides is 5. The molecule has 0 aromatic heterocycles. The summed E-state index contributed by atoms with van der Waals surface area (Å²) in [5.74, 6) is -2.16. The molecule has 1 saturated carbocycles. The van der Waals surface area contributed by atoms with Crippen LogP contribution in [-0.4, -0.2) is 46.1 Å². The molecule has 160 valence electrons. The minimum Gasteiger partial charge on any atom is -0.324 e. The van der Waals surface area contributed by atoms with Crippen molar-refractivity contribution in [1.29, 1.82) is 0 Å². The second kappa shape index (κ2) is 8.71. The number of hydrogen-bond acceptors (Lipinski definition) is 4. The van der Waals surface area contributed by atoms with Crippen molar-refractivity contribution in [2.75, 3.05) is 11.9 Å². The highest BCUT2D eigenvalue weighted by molar-refractivity contribution is 6.45. The van der Waals surface area contributed by atoms with Crippen molar-refractivity contribution < 1.29 is 19.2 Å². The van der Waals surface area contributed by atoms with Crippen LogP contribution in [0.2, 0.25) is 0 Å². The molecule has 7 heteroatoms. The second-order valence-electron chi connectivity index (χ2n) is 8.14. The van der Waals surface area contributed by atoms with Gasteiger partial charge in [-0.25, -0.2) is 9.69 Å². The molecule has 1 aliphatic carbocycles. The molecule has 2 aromatic carbocycles. The first-order chi connectivity index (χ1) is 15.0. The Kier molecular flexibility index (Phi) is 5.84. The van der Waals surface area contributed by atoms with Gasteiger partial charge in [-0.05, 0) is 30.4 Å². The fourth-order valence-electron chi connectivity index (χ4n) is 4.43. The van der Waals surface area contributed by atoms with Gasteiger partial charge in [0.1, 0.15) is 6.54 Å². The Balaban J connectivity index is 1.49. The molecule has 2 aromatic rings. The number of carbonyl (C=O) groups excluding carboxylic acids is 4. The Morgan fingerprint density at radius 3 is 2.35 bits per heavy atom. The van der Waals surface area contributed by atoms with Crippen molar-refractivity contribution in [1.82, 2.24) is 9.80 Å². The number of nitrogens with one attached hydrogen (secondary N) is 1. The minimum absolute atomic E-state index is 0.140. The van der Waals surface area contributed by atoms with Crippen LogP contribution in [0.4, 0.5) is 10.5 Å². The standard InChI is InChI=1S/C24H25N3O4/c1-16-9-5-8-14-20(16)27-23(30)22(29)26(24(27)31)15-21(28)25-19-13-7-6-12-18(19)17-10-3-2-4-11-17/h2-4,6-7,10-13,16,20H,5,8-9,14-15H2,1H3,(H,25,28)/t16-,20-/m0/s1. The van der Waals surface area contributed by atoms with E-state index in [0.29, 0.717) is 12.1 Å². The van der Waals surface area contributed by atoms with Gasteiger partial charge in [-0.1, -0.05) is 68.3 Å². The fourth-order valence-corrected chi connectivity index (χ4v) is 4.43. The summed E-state index contributed by atoms with van der Waals surface area (Å²) in [7, 11) is 0. The predicted molar refractivity (Wildman–Crippen MR) is 116 cm³/mol. The largest absolute Gasteiger partial charge is 0.334 e. The van der Waals surface area contributed by atoms with Crippen molar-refractivity contribution in [3.05, 3.63) is 54.6 Å².